The average Bonchev–Trinajstić information content (AvgIpc) is 2.61. The van der Waals surface area contributed by atoms with Crippen molar-refractivity contribution in [2.24, 2.45) is 0 Å². The minimum absolute atomic E-state index is 0.247. The molecule has 0 radical (unpaired) electrons. The molecule has 3 rings (SSSR count). The Morgan fingerprint density at radius 1 is 1.00 bits per heavy atom. The van der Waals surface area contributed by atoms with Gasteiger partial charge < -0.3 is 10.6 Å². The van der Waals surface area contributed by atoms with Gasteiger partial charge in [0.2, 0.25) is 0 Å². The Balaban J connectivity index is 1.69. The summed E-state index contributed by atoms with van der Waals surface area (Å²) in [5, 5.41) is 6.71. The van der Waals surface area contributed by atoms with Gasteiger partial charge in [0.15, 0.2) is 0 Å². The van der Waals surface area contributed by atoms with Crippen LogP contribution in [0.2, 0.25) is 10.0 Å². The number of nitrogens with one attached hydrogen (secondary N) is 2. The Bertz CT molecular complexity index is 854. The van der Waals surface area contributed by atoms with Gasteiger partial charge in [-0.3, -0.25) is 9.78 Å². The number of nitrogens with zero attached hydrogens (tertiary/aromatic N) is 2. The third-order valence-corrected chi connectivity index (χ3v) is 3.98. The van der Waals surface area contributed by atoms with E-state index in [0.717, 1.165) is 0 Å². The summed E-state index contributed by atoms with van der Waals surface area (Å²) in [7, 11) is 0. The molecule has 2 heterocycles. The van der Waals surface area contributed by atoms with Crippen LogP contribution in [0.15, 0.2) is 61.1 Å². The van der Waals surface area contributed by atoms with Gasteiger partial charge >= 0.3 is 0 Å². The van der Waals surface area contributed by atoms with Gasteiger partial charge in [-0.15, -0.1) is 0 Å². The molecule has 0 fully saturated rings. The van der Waals surface area contributed by atoms with Gasteiger partial charge in [0, 0.05) is 12.4 Å². The zero-order valence-corrected chi connectivity index (χ0v) is 13.8. The summed E-state index contributed by atoms with van der Waals surface area (Å²) in [4.78, 5) is 20.2. The number of hydrogen-bond donors (Lipinski definition) is 2. The summed E-state index contributed by atoms with van der Waals surface area (Å²) in [5.41, 5.74) is 1.71. The van der Waals surface area contributed by atoms with Crippen LogP contribution < -0.4 is 10.6 Å². The lowest BCUT2D eigenvalue weighted by molar-refractivity contribution is 0.102. The Morgan fingerprint density at radius 2 is 1.88 bits per heavy atom. The molecule has 2 N–H and O–H groups in total. The molecule has 24 heavy (non-hydrogen) atoms. The fourth-order valence-electron chi connectivity index (χ4n) is 1.98. The normalized spacial score (nSPS) is 10.2. The first kappa shape index (κ1) is 16.2. The molecule has 0 aliphatic carbocycles. The summed E-state index contributed by atoms with van der Waals surface area (Å²) >= 11 is 12.1. The van der Waals surface area contributed by atoms with Crippen LogP contribution in [0.3, 0.4) is 0 Å². The predicted octanol–water partition coefficient (Wildman–Crippen LogP) is 4.78. The number of rotatable bonds is 4. The highest BCUT2D eigenvalue weighted by Gasteiger charge is 2.07. The molecule has 0 unspecified atom stereocenters. The van der Waals surface area contributed by atoms with Crippen LogP contribution in [-0.4, -0.2) is 15.9 Å². The summed E-state index contributed by atoms with van der Waals surface area (Å²) < 4.78 is 0. The molecular weight excluding hydrogens is 347 g/mol. The van der Waals surface area contributed by atoms with Gasteiger partial charge in [0.25, 0.3) is 5.91 Å². The maximum Gasteiger partial charge on any atom is 0.257 e. The number of benzene rings is 1. The Morgan fingerprint density at radius 3 is 2.58 bits per heavy atom. The van der Waals surface area contributed by atoms with Crippen molar-refractivity contribution in [3.8, 4) is 0 Å². The van der Waals surface area contributed by atoms with Crippen LogP contribution in [-0.2, 0) is 0 Å². The monoisotopic (exact) mass is 358 g/mol. The predicted molar refractivity (Wildman–Crippen MR) is 96.2 cm³/mol. The second-order valence-corrected chi connectivity index (χ2v) is 5.64. The van der Waals surface area contributed by atoms with Crippen LogP contribution in [0.4, 0.5) is 17.2 Å². The lowest BCUT2D eigenvalue weighted by Gasteiger charge is -2.09. The van der Waals surface area contributed by atoms with Crippen LogP contribution in [0.25, 0.3) is 0 Å². The SMILES string of the molecule is O=C(Nc1ccc(Nc2cccc(Cl)c2Cl)nc1)c1cccnc1. The second-order valence-electron chi connectivity index (χ2n) is 4.85. The molecule has 7 heteroatoms. The van der Waals surface area contributed by atoms with Crippen molar-refractivity contribution < 1.29 is 4.79 Å². The minimum atomic E-state index is -0.247. The van der Waals surface area contributed by atoms with Crippen molar-refractivity contribution in [2.75, 3.05) is 10.6 Å². The third kappa shape index (κ3) is 3.82. The lowest BCUT2D eigenvalue weighted by atomic mass is 10.2. The highest BCUT2D eigenvalue weighted by molar-refractivity contribution is 6.43. The first-order chi connectivity index (χ1) is 11.6. The van der Waals surface area contributed by atoms with E-state index in [1.807, 2.05) is 0 Å². The highest BCUT2D eigenvalue weighted by atomic mass is 35.5. The van der Waals surface area contributed by atoms with E-state index in [1.54, 1.807) is 54.9 Å². The molecule has 2 aromatic heterocycles. The molecule has 3 aromatic rings. The van der Waals surface area contributed by atoms with Crippen LogP contribution in [0.5, 0.6) is 0 Å². The van der Waals surface area contributed by atoms with Gasteiger partial charge in [-0.2, -0.15) is 0 Å². The number of carbonyl (C=O) groups excluding carboxylic acids is 1. The molecule has 1 aromatic carbocycles. The molecule has 0 aliphatic heterocycles. The Labute approximate surface area is 148 Å². The summed E-state index contributed by atoms with van der Waals surface area (Å²) in [6.45, 7) is 0. The molecule has 0 saturated heterocycles. The second kappa shape index (κ2) is 7.29. The fraction of sp³-hybridized carbons (Fsp3) is 0. The first-order valence-corrected chi connectivity index (χ1v) is 7.77. The molecule has 120 valence electrons. The number of carbonyl (C=O) groups is 1. The van der Waals surface area contributed by atoms with Crippen LogP contribution in [0, 0.1) is 0 Å². The van der Waals surface area contributed by atoms with E-state index in [-0.39, 0.29) is 5.91 Å². The van der Waals surface area contributed by atoms with E-state index >= 15 is 0 Å². The topological polar surface area (TPSA) is 66.9 Å². The number of halogens is 2. The number of aromatic nitrogens is 2. The Hall–Kier alpha value is -2.63. The van der Waals surface area contributed by atoms with Crippen molar-refractivity contribution in [3.63, 3.8) is 0 Å². The third-order valence-electron chi connectivity index (χ3n) is 3.16. The van der Waals surface area contributed by atoms with E-state index in [4.69, 9.17) is 23.2 Å². The average molecular weight is 359 g/mol. The van der Waals surface area contributed by atoms with E-state index in [2.05, 4.69) is 20.6 Å². The van der Waals surface area contributed by atoms with E-state index in [1.165, 1.54) is 6.20 Å². The van der Waals surface area contributed by atoms with E-state index in [9.17, 15) is 4.79 Å². The Kier molecular flexibility index (Phi) is 4.93. The molecule has 0 saturated carbocycles. The lowest BCUT2D eigenvalue weighted by Crippen LogP contribution is -2.12. The number of hydrogen-bond acceptors (Lipinski definition) is 4. The smallest absolute Gasteiger partial charge is 0.257 e. The van der Waals surface area contributed by atoms with Gasteiger partial charge in [-0.25, -0.2) is 4.98 Å². The zero-order chi connectivity index (χ0) is 16.9. The zero-order valence-electron chi connectivity index (χ0n) is 12.3. The number of anilines is 3. The van der Waals surface area contributed by atoms with E-state index in [0.29, 0.717) is 32.8 Å². The maximum atomic E-state index is 12.0. The summed E-state index contributed by atoms with van der Waals surface area (Å²) in [5.74, 6) is 0.335. The minimum Gasteiger partial charge on any atom is -0.339 e. The molecule has 0 aliphatic rings. The summed E-state index contributed by atoms with van der Waals surface area (Å²) in [6, 6.07) is 12.2. The van der Waals surface area contributed by atoms with Crippen molar-refractivity contribution in [3.05, 3.63) is 76.7 Å². The van der Waals surface area contributed by atoms with Gasteiger partial charge in [0.05, 0.1) is 33.2 Å². The van der Waals surface area contributed by atoms with Crippen molar-refractivity contribution in [1.29, 1.82) is 0 Å². The van der Waals surface area contributed by atoms with Crippen molar-refractivity contribution >= 4 is 46.3 Å². The maximum absolute atomic E-state index is 12.0. The molecular formula is C17H12Cl2N4O. The van der Waals surface area contributed by atoms with Crippen LogP contribution in [0.1, 0.15) is 10.4 Å². The number of pyridine rings is 2. The first-order valence-electron chi connectivity index (χ1n) is 7.02. The molecule has 5 nitrogen and oxygen atoms in total. The van der Waals surface area contributed by atoms with E-state index < -0.39 is 0 Å². The molecule has 1 amide bonds. The molecule has 0 bridgehead atoms. The quantitative estimate of drug-likeness (QED) is 0.704. The largest absolute Gasteiger partial charge is 0.339 e. The number of amides is 1. The van der Waals surface area contributed by atoms with Crippen molar-refractivity contribution in [2.45, 2.75) is 0 Å². The molecule has 0 spiro atoms. The van der Waals surface area contributed by atoms with Gasteiger partial charge in [0.1, 0.15) is 5.82 Å². The van der Waals surface area contributed by atoms with Gasteiger partial charge in [-0.05, 0) is 36.4 Å². The van der Waals surface area contributed by atoms with Gasteiger partial charge in [-0.1, -0.05) is 29.3 Å². The fourth-order valence-corrected chi connectivity index (χ4v) is 2.33. The van der Waals surface area contributed by atoms with Crippen molar-refractivity contribution in [1.82, 2.24) is 9.97 Å². The highest BCUT2D eigenvalue weighted by Crippen LogP contribution is 2.31. The molecule has 0 atom stereocenters. The standard InChI is InChI=1S/C17H12Cl2N4O/c18-13-4-1-5-14(16(13)19)23-15-7-6-12(10-21-15)22-17(24)11-3-2-8-20-9-11/h1-10H,(H,21,23)(H,22,24). The van der Waals surface area contributed by atoms with Crippen LogP contribution >= 0.6 is 23.2 Å². The summed E-state index contributed by atoms with van der Waals surface area (Å²) in [6.07, 6.45) is 4.66.